The molecule has 1 heterocycles. The lowest BCUT2D eigenvalue weighted by Crippen LogP contribution is -2.10. The molecule has 3 N–H and O–H groups in total. The minimum Gasteiger partial charge on any atom is -0.383 e. The van der Waals surface area contributed by atoms with Crippen LogP contribution in [0.25, 0.3) is 0 Å². The Hall–Kier alpha value is -3.23. The predicted octanol–water partition coefficient (Wildman–Crippen LogP) is 1.47. The maximum Gasteiger partial charge on any atom is 0.292 e. The van der Waals surface area contributed by atoms with Crippen LogP contribution < -0.4 is 16.3 Å². The van der Waals surface area contributed by atoms with Gasteiger partial charge in [0, 0.05) is 30.4 Å². The van der Waals surface area contributed by atoms with Crippen molar-refractivity contribution >= 4 is 23.5 Å². The fourth-order valence-electron chi connectivity index (χ4n) is 1.79. The van der Waals surface area contributed by atoms with E-state index in [0.717, 1.165) is 0 Å². The number of aryl methyl sites for hydroxylation is 1. The highest BCUT2D eigenvalue weighted by Gasteiger charge is 2.12. The number of hydrogen-bond acceptors (Lipinski definition) is 7. The Bertz CT molecular complexity index is 784. The largest absolute Gasteiger partial charge is 0.383 e. The van der Waals surface area contributed by atoms with E-state index in [4.69, 9.17) is 0 Å². The third-order valence-corrected chi connectivity index (χ3v) is 2.74. The molecular formula is C13H14N6O3. The molecule has 0 aliphatic rings. The monoisotopic (exact) mass is 302 g/mol. The van der Waals surface area contributed by atoms with E-state index in [1.165, 1.54) is 18.3 Å². The molecule has 0 amide bonds. The number of hydrogen-bond donors (Lipinski definition) is 3. The Kier molecular flexibility index (Phi) is 4.47. The van der Waals surface area contributed by atoms with Crippen LogP contribution in [0.4, 0.5) is 17.3 Å². The molecule has 9 nitrogen and oxygen atoms in total. The summed E-state index contributed by atoms with van der Waals surface area (Å²) in [6, 6.07) is 6.01. The number of nitrogens with one attached hydrogen (secondary N) is 3. The first-order chi connectivity index (χ1) is 10.5. The van der Waals surface area contributed by atoms with Gasteiger partial charge in [0.05, 0.1) is 11.1 Å². The second kappa shape index (κ2) is 6.48. The standard InChI is InChI=1S/C13H14N6O3/c1-8-5-12(20)17-13(16-8)18-15-7-9-3-4-10(14-2)11(6-9)19(21)22/h3-7,14H,1-2H3,(H2,16,17,18,20)/b15-7+. The van der Waals surface area contributed by atoms with Gasteiger partial charge in [-0.1, -0.05) is 6.07 Å². The number of hydrazone groups is 1. The lowest BCUT2D eigenvalue weighted by Gasteiger charge is -2.03. The normalized spacial score (nSPS) is 10.6. The number of H-pyrrole nitrogens is 1. The Labute approximate surface area is 125 Å². The first-order valence-electron chi connectivity index (χ1n) is 6.33. The van der Waals surface area contributed by atoms with E-state index in [-0.39, 0.29) is 17.2 Å². The predicted molar refractivity (Wildman–Crippen MR) is 83.5 cm³/mol. The van der Waals surface area contributed by atoms with Gasteiger partial charge in [0.1, 0.15) is 5.69 Å². The number of nitro groups is 1. The lowest BCUT2D eigenvalue weighted by atomic mass is 10.2. The Morgan fingerprint density at radius 3 is 2.82 bits per heavy atom. The molecule has 22 heavy (non-hydrogen) atoms. The van der Waals surface area contributed by atoms with Gasteiger partial charge < -0.3 is 5.32 Å². The van der Waals surface area contributed by atoms with Crippen molar-refractivity contribution < 1.29 is 4.92 Å². The molecule has 0 aliphatic carbocycles. The van der Waals surface area contributed by atoms with Crippen LogP contribution in [0.15, 0.2) is 34.2 Å². The summed E-state index contributed by atoms with van der Waals surface area (Å²) in [4.78, 5) is 28.3. The molecule has 0 saturated carbocycles. The van der Waals surface area contributed by atoms with Gasteiger partial charge in [-0.05, 0) is 13.0 Å². The third-order valence-electron chi connectivity index (χ3n) is 2.74. The van der Waals surface area contributed by atoms with Crippen LogP contribution in [0.1, 0.15) is 11.3 Å². The molecule has 0 aliphatic heterocycles. The quantitative estimate of drug-likeness (QED) is 0.436. The van der Waals surface area contributed by atoms with Crippen molar-refractivity contribution in [2.24, 2.45) is 5.10 Å². The van der Waals surface area contributed by atoms with Gasteiger partial charge in [-0.15, -0.1) is 0 Å². The van der Waals surface area contributed by atoms with Gasteiger partial charge in [0.25, 0.3) is 11.2 Å². The van der Waals surface area contributed by atoms with E-state index in [2.05, 4.69) is 25.8 Å². The number of aromatic amines is 1. The van der Waals surface area contributed by atoms with Gasteiger partial charge in [-0.2, -0.15) is 5.10 Å². The van der Waals surface area contributed by atoms with Gasteiger partial charge in [-0.25, -0.2) is 10.4 Å². The van der Waals surface area contributed by atoms with Gasteiger partial charge in [-0.3, -0.25) is 19.9 Å². The second-order valence-corrected chi connectivity index (χ2v) is 4.39. The summed E-state index contributed by atoms with van der Waals surface area (Å²) in [6.07, 6.45) is 1.40. The van der Waals surface area contributed by atoms with Crippen LogP contribution in [-0.2, 0) is 0 Å². The van der Waals surface area contributed by atoms with Crippen LogP contribution in [-0.4, -0.2) is 28.2 Å². The molecule has 0 fully saturated rings. The van der Waals surface area contributed by atoms with Crippen molar-refractivity contribution in [1.82, 2.24) is 9.97 Å². The zero-order valence-corrected chi connectivity index (χ0v) is 12.0. The number of nitro benzene ring substituents is 1. The zero-order chi connectivity index (χ0) is 16.1. The summed E-state index contributed by atoms with van der Waals surface area (Å²) in [5, 5.41) is 17.6. The number of rotatable bonds is 5. The summed E-state index contributed by atoms with van der Waals surface area (Å²) in [6.45, 7) is 1.68. The average molecular weight is 302 g/mol. The van der Waals surface area contributed by atoms with Gasteiger partial charge >= 0.3 is 0 Å². The van der Waals surface area contributed by atoms with Crippen molar-refractivity contribution in [1.29, 1.82) is 0 Å². The Balaban J connectivity index is 2.18. The Morgan fingerprint density at radius 1 is 1.41 bits per heavy atom. The van der Waals surface area contributed by atoms with Crippen molar-refractivity contribution in [2.45, 2.75) is 6.92 Å². The summed E-state index contributed by atoms with van der Waals surface area (Å²) in [5.41, 5.74) is 3.73. The number of nitrogens with zero attached hydrogens (tertiary/aromatic N) is 3. The van der Waals surface area contributed by atoms with Crippen LogP contribution in [0, 0.1) is 17.0 Å². The molecule has 114 valence electrons. The highest BCUT2D eigenvalue weighted by molar-refractivity contribution is 5.83. The molecule has 9 heteroatoms. The molecule has 1 aromatic carbocycles. The fourth-order valence-corrected chi connectivity index (χ4v) is 1.79. The minimum atomic E-state index is -0.476. The first kappa shape index (κ1) is 15.2. The molecule has 0 atom stereocenters. The van der Waals surface area contributed by atoms with Crippen LogP contribution in [0.3, 0.4) is 0 Å². The smallest absolute Gasteiger partial charge is 0.292 e. The summed E-state index contributed by atoms with van der Waals surface area (Å²) in [7, 11) is 1.61. The molecule has 0 bridgehead atoms. The van der Waals surface area contributed by atoms with Crippen molar-refractivity contribution in [3.63, 3.8) is 0 Å². The van der Waals surface area contributed by atoms with Crippen LogP contribution in [0.5, 0.6) is 0 Å². The van der Waals surface area contributed by atoms with E-state index in [9.17, 15) is 14.9 Å². The summed E-state index contributed by atoms with van der Waals surface area (Å²) in [5.74, 6) is 0.197. The second-order valence-electron chi connectivity index (χ2n) is 4.39. The van der Waals surface area contributed by atoms with Crippen molar-refractivity contribution in [3.8, 4) is 0 Å². The van der Waals surface area contributed by atoms with Gasteiger partial charge in [0.15, 0.2) is 0 Å². The maximum atomic E-state index is 11.3. The molecule has 0 spiro atoms. The number of anilines is 2. The fraction of sp³-hybridized carbons (Fsp3) is 0.154. The third kappa shape index (κ3) is 3.66. The van der Waals surface area contributed by atoms with Crippen LogP contribution in [0.2, 0.25) is 0 Å². The van der Waals surface area contributed by atoms with E-state index in [1.54, 1.807) is 26.1 Å². The highest BCUT2D eigenvalue weighted by Crippen LogP contribution is 2.24. The number of benzene rings is 1. The molecule has 0 unspecified atom stereocenters. The molecule has 2 rings (SSSR count). The Morgan fingerprint density at radius 2 is 2.18 bits per heavy atom. The maximum absolute atomic E-state index is 11.3. The average Bonchev–Trinajstić information content (AvgIpc) is 2.46. The van der Waals surface area contributed by atoms with E-state index in [1.807, 2.05) is 0 Å². The lowest BCUT2D eigenvalue weighted by molar-refractivity contribution is -0.383. The van der Waals surface area contributed by atoms with E-state index in [0.29, 0.717) is 16.9 Å². The van der Waals surface area contributed by atoms with Crippen molar-refractivity contribution in [3.05, 3.63) is 56.0 Å². The highest BCUT2D eigenvalue weighted by atomic mass is 16.6. The van der Waals surface area contributed by atoms with Crippen molar-refractivity contribution in [2.75, 3.05) is 17.8 Å². The molecule has 2 aromatic rings. The molecule has 0 saturated heterocycles. The van der Waals surface area contributed by atoms with E-state index >= 15 is 0 Å². The molecule has 0 radical (unpaired) electrons. The number of aromatic nitrogens is 2. The molecule has 1 aromatic heterocycles. The van der Waals surface area contributed by atoms with Gasteiger partial charge in [0.2, 0.25) is 5.95 Å². The summed E-state index contributed by atoms with van der Waals surface area (Å²) < 4.78 is 0. The van der Waals surface area contributed by atoms with Crippen LogP contribution >= 0.6 is 0 Å². The minimum absolute atomic E-state index is 0.0477. The summed E-state index contributed by atoms with van der Waals surface area (Å²) >= 11 is 0. The first-order valence-corrected chi connectivity index (χ1v) is 6.33. The molecular weight excluding hydrogens is 288 g/mol. The topological polar surface area (TPSA) is 125 Å². The van der Waals surface area contributed by atoms with E-state index < -0.39 is 4.92 Å². The SMILES string of the molecule is CNc1ccc(/C=N/Nc2nc(C)cc(=O)[nH]2)cc1[N+](=O)[O-]. The zero-order valence-electron chi connectivity index (χ0n) is 12.0.